The van der Waals surface area contributed by atoms with Gasteiger partial charge in [0.1, 0.15) is 5.82 Å². The molecule has 7 heteroatoms. The second-order valence-electron chi connectivity index (χ2n) is 6.00. The summed E-state index contributed by atoms with van der Waals surface area (Å²) in [4.78, 5) is 27.8. The van der Waals surface area contributed by atoms with E-state index in [1.54, 1.807) is 0 Å². The number of H-pyrrole nitrogens is 2. The van der Waals surface area contributed by atoms with Gasteiger partial charge in [0, 0.05) is 25.4 Å². The van der Waals surface area contributed by atoms with Gasteiger partial charge in [0.15, 0.2) is 0 Å². The summed E-state index contributed by atoms with van der Waals surface area (Å²) in [7, 11) is 0. The van der Waals surface area contributed by atoms with Gasteiger partial charge in [-0.25, -0.2) is 9.89 Å². The monoisotopic (exact) mass is 295 g/mol. The quantitative estimate of drug-likeness (QED) is 0.702. The van der Waals surface area contributed by atoms with Gasteiger partial charge in [-0.2, -0.15) is 5.10 Å². The van der Waals surface area contributed by atoms with Crippen LogP contribution in [0.3, 0.4) is 0 Å². The molecule has 0 aromatic carbocycles. The molecule has 2 heterocycles. The van der Waals surface area contributed by atoms with E-state index in [1.165, 1.54) is 0 Å². The van der Waals surface area contributed by atoms with E-state index in [0.29, 0.717) is 37.2 Å². The first kappa shape index (κ1) is 15.8. The topological polar surface area (TPSA) is 93.9 Å². The third-order valence-corrected chi connectivity index (χ3v) is 4.09. The van der Waals surface area contributed by atoms with Crippen molar-refractivity contribution < 1.29 is 4.79 Å². The number of aromatic amines is 2. The molecule has 0 aliphatic carbocycles. The fourth-order valence-corrected chi connectivity index (χ4v) is 2.75. The maximum atomic E-state index is 11.9. The summed E-state index contributed by atoms with van der Waals surface area (Å²) in [5, 5.41) is 9.00. The smallest absolute Gasteiger partial charge is 0.340 e. The van der Waals surface area contributed by atoms with E-state index in [9.17, 15) is 9.59 Å². The number of rotatable bonds is 6. The Balaban J connectivity index is 1.63. The number of hydrogen-bond acceptors (Lipinski definition) is 4. The Morgan fingerprint density at radius 3 is 2.71 bits per heavy atom. The molecule has 0 bridgehead atoms. The minimum atomic E-state index is -0.312. The number of amides is 1. The Kier molecular flexibility index (Phi) is 5.55. The van der Waals surface area contributed by atoms with Crippen LogP contribution in [0.15, 0.2) is 4.79 Å². The zero-order chi connectivity index (χ0) is 15.2. The molecule has 0 atom stereocenters. The van der Waals surface area contributed by atoms with Gasteiger partial charge < -0.3 is 10.2 Å². The molecule has 1 aromatic heterocycles. The van der Waals surface area contributed by atoms with Crippen LogP contribution >= 0.6 is 0 Å². The number of likely N-dealkylation sites (tertiary alicyclic amines) is 1. The predicted molar refractivity (Wildman–Crippen MR) is 80.0 cm³/mol. The molecule has 1 aromatic rings. The van der Waals surface area contributed by atoms with E-state index in [2.05, 4.69) is 39.2 Å². The van der Waals surface area contributed by atoms with Crippen LogP contribution in [-0.4, -0.2) is 51.7 Å². The van der Waals surface area contributed by atoms with E-state index in [-0.39, 0.29) is 11.6 Å². The van der Waals surface area contributed by atoms with Gasteiger partial charge in [0.2, 0.25) is 5.91 Å². The average Bonchev–Trinajstić information content (AvgIpc) is 2.85. The van der Waals surface area contributed by atoms with Crippen molar-refractivity contribution >= 4 is 5.91 Å². The van der Waals surface area contributed by atoms with Crippen LogP contribution < -0.4 is 11.0 Å². The molecule has 118 valence electrons. The van der Waals surface area contributed by atoms with Crippen LogP contribution in [0.4, 0.5) is 0 Å². The number of carbonyl (C=O) groups excluding carboxylic acids is 1. The van der Waals surface area contributed by atoms with E-state index in [1.807, 2.05) is 0 Å². The van der Waals surface area contributed by atoms with Crippen molar-refractivity contribution in [1.29, 1.82) is 0 Å². The van der Waals surface area contributed by atoms with E-state index in [4.69, 9.17) is 0 Å². The van der Waals surface area contributed by atoms with E-state index < -0.39 is 0 Å². The summed E-state index contributed by atoms with van der Waals surface area (Å²) in [5.41, 5.74) is -0.312. The number of nitrogens with one attached hydrogen (secondary N) is 3. The normalized spacial score (nSPS) is 17.3. The van der Waals surface area contributed by atoms with Crippen molar-refractivity contribution in [1.82, 2.24) is 25.4 Å². The lowest BCUT2D eigenvalue weighted by molar-refractivity contribution is -0.122. The minimum absolute atomic E-state index is 0.0934. The highest BCUT2D eigenvalue weighted by atomic mass is 16.2. The summed E-state index contributed by atoms with van der Waals surface area (Å²) in [6, 6.07) is 0.593. The van der Waals surface area contributed by atoms with E-state index in [0.717, 1.165) is 25.9 Å². The Hall–Kier alpha value is -1.63. The van der Waals surface area contributed by atoms with Gasteiger partial charge in [-0.3, -0.25) is 9.78 Å². The third kappa shape index (κ3) is 5.00. The molecule has 0 saturated carbocycles. The molecule has 7 nitrogen and oxygen atoms in total. The van der Waals surface area contributed by atoms with Gasteiger partial charge in [-0.05, 0) is 45.7 Å². The van der Waals surface area contributed by atoms with Crippen LogP contribution in [0.1, 0.15) is 38.9 Å². The largest absolute Gasteiger partial charge is 0.356 e. The van der Waals surface area contributed by atoms with Crippen molar-refractivity contribution in [3.8, 4) is 0 Å². The molecule has 1 aliphatic heterocycles. The predicted octanol–water partition coefficient (Wildman–Crippen LogP) is 0.267. The molecular weight excluding hydrogens is 270 g/mol. The fourth-order valence-electron chi connectivity index (χ4n) is 2.75. The van der Waals surface area contributed by atoms with Crippen molar-refractivity contribution in [2.75, 3.05) is 19.6 Å². The number of carbonyl (C=O) groups is 1. The second-order valence-corrected chi connectivity index (χ2v) is 6.00. The lowest BCUT2D eigenvalue weighted by Gasteiger charge is -2.34. The average molecular weight is 295 g/mol. The molecule has 1 amide bonds. The number of piperidine rings is 1. The molecule has 1 saturated heterocycles. The molecule has 1 aliphatic rings. The highest BCUT2D eigenvalue weighted by Gasteiger charge is 2.22. The number of hydrogen-bond donors (Lipinski definition) is 3. The Bertz CT molecular complexity index is 499. The summed E-state index contributed by atoms with van der Waals surface area (Å²) >= 11 is 0. The lowest BCUT2D eigenvalue weighted by Crippen LogP contribution is -2.39. The zero-order valence-corrected chi connectivity index (χ0v) is 12.8. The van der Waals surface area contributed by atoms with E-state index >= 15 is 0 Å². The first-order valence-corrected chi connectivity index (χ1v) is 7.69. The molecule has 3 N–H and O–H groups in total. The SMILES string of the molecule is CC(C)N1CCC(CC(=O)NCCc2n[nH]c(=O)[nH]2)CC1. The first-order valence-electron chi connectivity index (χ1n) is 7.69. The summed E-state index contributed by atoms with van der Waals surface area (Å²) in [5.74, 6) is 1.16. The number of aromatic nitrogens is 3. The maximum absolute atomic E-state index is 11.9. The van der Waals surface area contributed by atoms with Gasteiger partial charge >= 0.3 is 5.69 Å². The molecule has 1 fully saturated rings. The standard InChI is InChI=1S/C14H25N5O2/c1-10(2)19-7-4-11(5-8-19)9-13(20)15-6-3-12-16-14(21)18-17-12/h10-11H,3-9H2,1-2H3,(H,15,20)(H2,16,17,18,21). The Morgan fingerprint density at radius 1 is 1.43 bits per heavy atom. The molecule has 0 spiro atoms. The molecule has 2 rings (SSSR count). The van der Waals surface area contributed by atoms with Gasteiger partial charge in [0.05, 0.1) is 0 Å². The van der Waals surface area contributed by atoms with Crippen LogP contribution in [0, 0.1) is 5.92 Å². The van der Waals surface area contributed by atoms with Crippen LogP contribution in [0.2, 0.25) is 0 Å². The first-order chi connectivity index (χ1) is 10.0. The summed E-state index contributed by atoms with van der Waals surface area (Å²) < 4.78 is 0. The molecule has 0 radical (unpaired) electrons. The van der Waals surface area contributed by atoms with Crippen molar-refractivity contribution in [2.45, 2.75) is 45.6 Å². The van der Waals surface area contributed by atoms with Crippen LogP contribution in [-0.2, 0) is 11.2 Å². The molecular formula is C14H25N5O2. The number of nitrogens with zero attached hydrogens (tertiary/aromatic N) is 2. The highest BCUT2D eigenvalue weighted by Crippen LogP contribution is 2.21. The molecule has 0 unspecified atom stereocenters. The fraction of sp³-hybridized carbons (Fsp3) is 0.786. The highest BCUT2D eigenvalue weighted by molar-refractivity contribution is 5.76. The third-order valence-electron chi connectivity index (χ3n) is 4.09. The summed E-state index contributed by atoms with van der Waals surface area (Å²) in [6.45, 7) is 7.11. The Labute approximate surface area is 124 Å². The maximum Gasteiger partial charge on any atom is 0.340 e. The van der Waals surface area contributed by atoms with Gasteiger partial charge in [-0.15, -0.1) is 0 Å². The van der Waals surface area contributed by atoms with Crippen LogP contribution in [0.5, 0.6) is 0 Å². The summed E-state index contributed by atoms with van der Waals surface area (Å²) in [6.07, 6.45) is 3.33. The van der Waals surface area contributed by atoms with Crippen LogP contribution in [0.25, 0.3) is 0 Å². The van der Waals surface area contributed by atoms with Crippen molar-refractivity contribution in [3.05, 3.63) is 16.3 Å². The lowest BCUT2D eigenvalue weighted by atomic mass is 9.92. The van der Waals surface area contributed by atoms with Crippen molar-refractivity contribution in [3.63, 3.8) is 0 Å². The van der Waals surface area contributed by atoms with Crippen molar-refractivity contribution in [2.24, 2.45) is 5.92 Å². The van der Waals surface area contributed by atoms with Gasteiger partial charge in [0.25, 0.3) is 0 Å². The zero-order valence-electron chi connectivity index (χ0n) is 12.8. The Morgan fingerprint density at radius 2 is 2.14 bits per heavy atom. The van der Waals surface area contributed by atoms with Gasteiger partial charge in [-0.1, -0.05) is 0 Å². The second kappa shape index (κ2) is 7.40. The molecule has 21 heavy (non-hydrogen) atoms. The minimum Gasteiger partial charge on any atom is -0.356 e.